The third-order valence-electron chi connectivity index (χ3n) is 3.73. The molecule has 21 heavy (non-hydrogen) atoms. The van der Waals surface area contributed by atoms with Gasteiger partial charge in [-0.15, -0.1) is 0 Å². The maximum Gasteiger partial charge on any atom is 0.257 e. The highest BCUT2D eigenvalue weighted by molar-refractivity contribution is 7.91. The lowest BCUT2D eigenvalue weighted by Crippen LogP contribution is -2.43. The molecule has 1 aliphatic rings. The second-order valence-corrected chi connectivity index (χ2v) is 7.46. The Kier molecular flexibility index (Phi) is 3.33. The highest BCUT2D eigenvalue weighted by Gasteiger charge is 2.27. The number of carbonyl (C=O) groups excluding carboxylic acids is 1. The number of amides is 1. The van der Waals surface area contributed by atoms with Gasteiger partial charge in [-0.1, -0.05) is 24.3 Å². The van der Waals surface area contributed by atoms with E-state index in [0.29, 0.717) is 0 Å². The van der Waals surface area contributed by atoms with Crippen LogP contribution in [0.4, 0.5) is 0 Å². The zero-order valence-electron chi connectivity index (χ0n) is 11.3. The number of fused-ring (bicyclic) bond motifs is 1. The van der Waals surface area contributed by atoms with Crippen molar-refractivity contribution < 1.29 is 18.3 Å². The Bertz CT molecular complexity index is 800. The first kappa shape index (κ1) is 13.9. The SMILES string of the molecule is O=C(c1cc2ccccc2cc1O)N1CCS(=O)(=O)CC1. The molecule has 0 spiro atoms. The van der Waals surface area contributed by atoms with Gasteiger partial charge in [0.1, 0.15) is 5.75 Å². The van der Waals surface area contributed by atoms with Crippen LogP contribution in [-0.4, -0.2) is 48.9 Å². The van der Waals surface area contributed by atoms with E-state index in [2.05, 4.69) is 0 Å². The molecule has 1 fully saturated rings. The molecule has 0 unspecified atom stereocenters. The Labute approximate surface area is 122 Å². The summed E-state index contributed by atoms with van der Waals surface area (Å²) in [4.78, 5) is 13.9. The molecule has 6 heteroatoms. The van der Waals surface area contributed by atoms with Crippen molar-refractivity contribution in [3.63, 3.8) is 0 Å². The number of nitrogens with zero attached hydrogens (tertiary/aromatic N) is 1. The summed E-state index contributed by atoms with van der Waals surface area (Å²) in [6.07, 6.45) is 0. The van der Waals surface area contributed by atoms with Crippen molar-refractivity contribution in [2.24, 2.45) is 0 Å². The van der Waals surface area contributed by atoms with E-state index >= 15 is 0 Å². The van der Waals surface area contributed by atoms with E-state index < -0.39 is 9.84 Å². The molecule has 1 aliphatic heterocycles. The molecule has 110 valence electrons. The normalized spacial score (nSPS) is 17.8. The fraction of sp³-hybridized carbons (Fsp3) is 0.267. The van der Waals surface area contributed by atoms with Gasteiger partial charge >= 0.3 is 0 Å². The Balaban J connectivity index is 1.93. The molecule has 0 saturated carbocycles. The maximum atomic E-state index is 12.4. The minimum Gasteiger partial charge on any atom is -0.507 e. The first-order chi connectivity index (χ1) is 9.96. The highest BCUT2D eigenvalue weighted by atomic mass is 32.2. The molecule has 1 amide bonds. The van der Waals surface area contributed by atoms with Crippen molar-refractivity contribution in [2.75, 3.05) is 24.6 Å². The van der Waals surface area contributed by atoms with E-state index in [9.17, 15) is 18.3 Å². The fourth-order valence-electron chi connectivity index (χ4n) is 2.49. The number of hydrogen-bond donors (Lipinski definition) is 1. The fourth-order valence-corrected chi connectivity index (χ4v) is 3.69. The molecular weight excluding hydrogens is 290 g/mol. The van der Waals surface area contributed by atoms with Crippen LogP contribution in [0.2, 0.25) is 0 Å². The van der Waals surface area contributed by atoms with E-state index in [4.69, 9.17) is 0 Å². The van der Waals surface area contributed by atoms with Gasteiger partial charge in [0.2, 0.25) is 0 Å². The molecule has 0 aromatic heterocycles. The van der Waals surface area contributed by atoms with Crippen molar-refractivity contribution in [3.8, 4) is 5.75 Å². The lowest BCUT2D eigenvalue weighted by Gasteiger charge is -2.27. The molecule has 3 rings (SSSR count). The van der Waals surface area contributed by atoms with E-state index in [1.54, 1.807) is 12.1 Å². The zero-order valence-corrected chi connectivity index (χ0v) is 12.1. The van der Waals surface area contributed by atoms with Crippen LogP contribution < -0.4 is 0 Å². The summed E-state index contributed by atoms with van der Waals surface area (Å²) in [6, 6.07) is 10.7. The van der Waals surface area contributed by atoms with E-state index in [1.165, 1.54) is 4.90 Å². The summed E-state index contributed by atoms with van der Waals surface area (Å²) >= 11 is 0. The molecule has 5 nitrogen and oxygen atoms in total. The molecule has 2 aromatic rings. The van der Waals surface area contributed by atoms with Gasteiger partial charge in [-0.2, -0.15) is 0 Å². The van der Waals surface area contributed by atoms with Crippen LogP contribution >= 0.6 is 0 Å². The topological polar surface area (TPSA) is 74.7 Å². The number of aromatic hydroxyl groups is 1. The van der Waals surface area contributed by atoms with Gasteiger partial charge in [-0.25, -0.2) is 8.42 Å². The first-order valence-electron chi connectivity index (χ1n) is 6.68. The molecule has 0 atom stereocenters. The third kappa shape index (κ3) is 2.71. The smallest absolute Gasteiger partial charge is 0.257 e. The summed E-state index contributed by atoms with van der Waals surface area (Å²) < 4.78 is 22.8. The minimum atomic E-state index is -3.03. The van der Waals surface area contributed by atoms with E-state index in [-0.39, 0.29) is 41.8 Å². The molecule has 1 heterocycles. The Morgan fingerprint density at radius 3 is 2.24 bits per heavy atom. The van der Waals surface area contributed by atoms with Gasteiger partial charge in [-0.3, -0.25) is 4.79 Å². The monoisotopic (exact) mass is 305 g/mol. The van der Waals surface area contributed by atoms with Crippen LogP contribution in [0.15, 0.2) is 36.4 Å². The predicted octanol–water partition coefficient (Wildman–Crippen LogP) is 1.42. The summed E-state index contributed by atoms with van der Waals surface area (Å²) in [5.41, 5.74) is 0.216. The van der Waals surface area contributed by atoms with Crippen LogP contribution in [0.3, 0.4) is 0 Å². The largest absolute Gasteiger partial charge is 0.507 e. The number of phenolic OH excluding ortho intramolecular Hbond substituents is 1. The lowest BCUT2D eigenvalue weighted by atomic mass is 10.0. The minimum absolute atomic E-state index is 0.0208. The van der Waals surface area contributed by atoms with Crippen molar-refractivity contribution in [2.45, 2.75) is 0 Å². The van der Waals surface area contributed by atoms with Gasteiger partial charge in [-0.05, 0) is 22.9 Å². The van der Waals surface area contributed by atoms with Gasteiger partial charge in [0.05, 0.1) is 17.1 Å². The summed E-state index contributed by atoms with van der Waals surface area (Å²) in [5, 5.41) is 11.8. The van der Waals surface area contributed by atoms with Gasteiger partial charge in [0.15, 0.2) is 9.84 Å². The van der Waals surface area contributed by atoms with Crippen molar-refractivity contribution in [3.05, 3.63) is 42.0 Å². The second kappa shape index (κ2) is 5.04. The highest BCUT2D eigenvalue weighted by Crippen LogP contribution is 2.26. The standard InChI is InChI=1S/C15H15NO4S/c17-14-10-12-4-2-1-3-11(12)9-13(14)15(18)16-5-7-21(19,20)8-6-16/h1-4,9-10,17H,5-8H2. The molecule has 0 radical (unpaired) electrons. The number of hydrogen-bond acceptors (Lipinski definition) is 4. The van der Waals surface area contributed by atoms with Crippen LogP contribution in [0.25, 0.3) is 10.8 Å². The summed E-state index contributed by atoms with van der Waals surface area (Å²) in [6.45, 7) is 0.348. The number of benzene rings is 2. The Hall–Kier alpha value is -2.08. The van der Waals surface area contributed by atoms with Crippen LogP contribution in [0.5, 0.6) is 5.75 Å². The zero-order chi connectivity index (χ0) is 15.0. The molecule has 0 aliphatic carbocycles. The van der Waals surface area contributed by atoms with Crippen molar-refractivity contribution in [1.82, 2.24) is 4.90 Å². The Morgan fingerprint density at radius 1 is 1.05 bits per heavy atom. The number of rotatable bonds is 1. The van der Waals surface area contributed by atoms with Crippen LogP contribution in [0, 0.1) is 0 Å². The third-order valence-corrected chi connectivity index (χ3v) is 5.34. The van der Waals surface area contributed by atoms with Crippen LogP contribution in [0.1, 0.15) is 10.4 Å². The lowest BCUT2D eigenvalue weighted by molar-refractivity contribution is 0.0767. The van der Waals surface area contributed by atoms with Crippen LogP contribution in [-0.2, 0) is 9.84 Å². The molecule has 1 saturated heterocycles. The van der Waals surface area contributed by atoms with Crippen molar-refractivity contribution in [1.29, 1.82) is 0 Å². The van der Waals surface area contributed by atoms with Gasteiger partial charge in [0.25, 0.3) is 5.91 Å². The molecular formula is C15H15NO4S. The average Bonchev–Trinajstić information content (AvgIpc) is 2.46. The number of phenols is 1. The number of carbonyl (C=O) groups is 1. The second-order valence-electron chi connectivity index (χ2n) is 5.16. The molecule has 0 bridgehead atoms. The van der Waals surface area contributed by atoms with E-state index in [0.717, 1.165) is 10.8 Å². The summed E-state index contributed by atoms with van der Waals surface area (Å²) in [5.74, 6) is -0.444. The summed E-state index contributed by atoms with van der Waals surface area (Å²) in [7, 11) is -3.03. The maximum absolute atomic E-state index is 12.4. The Morgan fingerprint density at radius 2 is 1.62 bits per heavy atom. The van der Waals surface area contributed by atoms with E-state index in [1.807, 2.05) is 24.3 Å². The first-order valence-corrected chi connectivity index (χ1v) is 8.50. The molecule has 2 aromatic carbocycles. The predicted molar refractivity (Wildman–Crippen MR) is 80.2 cm³/mol. The molecule has 1 N–H and O–H groups in total. The quantitative estimate of drug-likeness (QED) is 0.864. The van der Waals surface area contributed by atoms with Crippen molar-refractivity contribution >= 4 is 26.5 Å². The number of sulfone groups is 1. The average molecular weight is 305 g/mol. The van der Waals surface area contributed by atoms with Gasteiger partial charge in [0, 0.05) is 13.1 Å². The van der Waals surface area contributed by atoms with Gasteiger partial charge < -0.3 is 10.0 Å².